The molecule has 0 amide bonds. The number of anilines is 1. The Balaban J connectivity index is 1.74. The molecule has 2 nitrogen and oxygen atoms in total. The van der Waals surface area contributed by atoms with E-state index < -0.39 is 0 Å². The predicted molar refractivity (Wildman–Crippen MR) is 89.8 cm³/mol. The smallest absolute Gasteiger partial charge is 0.161 e. The van der Waals surface area contributed by atoms with Gasteiger partial charge in [0, 0.05) is 18.0 Å². The van der Waals surface area contributed by atoms with E-state index in [0.717, 1.165) is 18.1 Å². The quantitative estimate of drug-likeness (QED) is 0.858. The highest BCUT2D eigenvalue weighted by atomic mass is 32.2. The molecule has 1 heterocycles. The SMILES string of the molecule is CCc1cccc(C)c1NC1=NCC2(CCCC2)CS1. The minimum absolute atomic E-state index is 0.523. The molecule has 2 aliphatic rings. The fourth-order valence-electron chi connectivity index (χ4n) is 3.36. The lowest BCUT2D eigenvalue weighted by atomic mass is 9.89. The second kappa shape index (κ2) is 5.80. The molecule has 0 bridgehead atoms. The number of hydrogen-bond acceptors (Lipinski definition) is 3. The van der Waals surface area contributed by atoms with Gasteiger partial charge in [-0.05, 0) is 42.7 Å². The number of aliphatic imine (C=N–C) groups is 1. The lowest BCUT2D eigenvalue weighted by molar-refractivity contribution is 0.359. The normalized spacial score (nSPS) is 21.0. The zero-order chi connectivity index (χ0) is 14.0. The molecule has 20 heavy (non-hydrogen) atoms. The largest absolute Gasteiger partial charge is 0.335 e. The van der Waals surface area contributed by atoms with Crippen molar-refractivity contribution in [3.05, 3.63) is 29.3 Å². The van der Waals surface area contributed by atoms with Gasteiger partial charge >= 0.3 is 0 Å². The minimum Gasteiger partial charge on any atom is -0.335 e. The Kier molecular flexibility index (Phi) is 4.06. The lowest BCUT2D eigenvalue weighted by Crippen LogP contribution is -2.30. The Labute approximate surface area is 126 Å². The van der Waals surface area contributed by atoms with Gasteiger partial charge in [0.15, 0.2) is 5.17 Å². The molecule has 1 spiro atoms. The van der Waals surface area contributed by atoms with E-state index in [-0.39, 0.29) is 0 Å². The van der Waals surface area contributed by atoms with Crippen LogP contribution >= 0.6 is 11.8 Å². The van der Waals surface area contributed by atoms with E-state index in [2.05, 4.69) is 37.4 Å². The van der Waals surface area contributed by atoms with Gasteiger partial charge < -0.3 is 5.32 Å². The van der Waals surface area contributed by atoms with Crippen molar-refractivity contribution in [1.82, 2.24) is 0 Å². The van der Waals surface area contributed by atoms with Crippen molar-refractivity contribution in [3.63, 3.8) is 0 Å². The van der Waals surface area contributed by atoms with Gasteiger partial charge in [-0.2, -0.15) is 0 Å². The fourth-order valence-corrected chi connectivity index (χ4v) is 4.52. The first-order valence-corrected chi connectivity index (χ1v) is 8.74. The average molecular weight is 288 g/mol. The molecule has 0 aromatic heterocycles. The average Bonchev–Trinajstić information content (AvgIpc) is 2.92. The molecule has 1 aromatic carbocycles. The monoisotopic (exact) mass is 288 g/mol. The molecular weight excluding hydrogens is 264 g/mol. The molecule has 3 heteroatoms. The number of benzene rings is 1. The number of rotatable bonds is 2. The van der Waals surface area contributed by atoms with Crippen LogP contribution < -0.4 is 5.32 Å². The van der Waals surface area contributed by atoms with Crippen LogP contribution in [0.25, 0.3) is 0 Å². The maximum Gasteiger partial charge on any atom is 0.161 e. The van der Waals surface area contributed by atoms with Crippen LogP contribution in [0.15, 0.2) is 23.2 Å². The van der Waals surface area contributed by atoms with Crippen molar-refractivity contribution in [3.8, 4) is 0 Å². The molecule has 108 valence electrons. The highest BCUT2D eigenvalue weighted by molar-refractivity contribution is 8.14. The van der Waals surface area contributed by atoms with E-state index >= 15 is 0 Å². The Morgan fingerprint density at radius 3 is 2.75 bits per heavy atom. The van der Waals surface area contributed by atoms with Gasteiger partial charge in [0.1, 0.15) is 0 Å². The van der Waals surface area contributed by atoms with Crippen molar-refractivity contribution in [1.29, 1.82) is 0 Å². The van der Waals surface area contributed by atoms with Gasteiger partial charge in [0.2, 0.25) is 0 Å². The van der Waals surface area contributed by atoms with Crippen molar-refractivity contribution < 1.29 is 0 Å². The van der Waals surface area contributed by atoms with Gasteiger partial charge in [0.05, 0.1) is 0 Å². The van der Waals surface area contributed by atoms with Gasteiger partial charge in [-0.3, -0.25) is 4.99 Å². The van der Waals surface area contributed by atoms with E-state index in [9.17, 15) is 0 Å². The first-order chi connectivity index (χ1) is 9.72. The van der Waals surface area contributed by atoms with Crippen LogP contribution in [0.4, 0.5) is 5.69 Å². The molecule has 1 N–H and O–H groups in total. The summed E-state index contributed by atoms with van der Waals surface area (Å²) in [5.41, 5.74) is 4.49. The zero-order valence-corrected chi connectivity index (χ0v) is 13.4. The zero-order valence-electron chi connectivity index (χ0n) is 12.5. The van der Waals surface area contributed by atoms with Crippen molar-refractivity contribution in [2.75, 3.05) is 17.6 Å². The Hall–Kier alpha value is -0.960. The molecule has 0 saturated heterocycles. The van der Waals surface area contributed by atoms with E-state index in [1.165, 1.54) is 48.3 Å². The third kappa shape index (κ3) is 2.73. The second-order valence-corrected chi connectivity index (χ2v) is 7.17. The van der Waals surface area contributed by atoms with Crippen LogP contribution in [0, 0.1) is 12.3 Å². The maximum absolute atomic E-state index is 4.85. The third-order valence-corrected chi connectivity index (χ3v) is 5.97. The van der Waals surface area contributed by atoms with Crippen LogP contribution in [0.1, 0.15) is 43.7 Å². The first-order valence-electron chi connectivity index (χ1n) is 7.75. The highest BCUT2D eigenvalue weighted by Crippen LogP contribution is 2.43. The molecule has 1 aliphatic heterocycles. The van der Waals surface area contributed by atoms with Gasteiger partial charge in [-0.15, -0.1) is 0 Å². The molecule has 1 aromatic rings. The fraction of sp³-hybridized carbons (Fsp3) is 0.588. The van der Waals surface area contributed by atoms with Crippen LogP contribution in [0.3, 0.4) is 0 Å². The molecule has 3 rings (SSSR count). The van der Waals surface area contributed by atoms with Gasteiger partial charge in [0.25, 0.3) is 0 Å². The number of thioether (sulfide) groups is 1. The Bertz CT molecular complexity index is 516. The van der Waals surface area contributed by atoms with E-state index in [0.29, 0.717) is 5.41 Å². The summed E-state index contributed by atoms with van der Waals surface area (Å²) in [6.45, 7) is 5.41. The third-order valence-electron chi connectivity index (χ3n) is 4.71. The van der Waals surface area contributed by atoms with Crippen LogP contribution in [-0.2, 0) is 6.42 Å². The Morgan fingerprint density at radius 1 is 1.30 bits per heavy atom. The van der Waals surface area contributed by atoms with E-state index in [1.807, 2.05) is 11.8 Å². The second-order valence-electron chi connectivity index (χ2n) is 6.20. The van der Waals surface area contributed by atoms with Crippen LogP contribution in [-0.4, -0.2) is 17.5 Å². The number of hydrogen-bond donors (Lipinski definition) is 1. The highest BCUT2D eigenvalue weighted by Gasteiger charge is 2.36. The molecule has 1 aliphatic carbocycles. The minimum atomic E-state index is 0.523. The summed E-state index contributed by atoms with van der Waals surface area (Å²) in [5.74, 6) is 1.24. The first kappa shape index (κ1) is 14.0. The number of nitrogens with zero attached hydrogens (tertiary/aromatic N) is 1. The molecule has 0 unspecified atom stereocenters. The van der Waals surface area contributed by atoms with Crippen LogP contribution in [0.2, 0.25) is 0 Å². The molecule has 0 radical (unpaired) electrons. The maximum atomic E-state index is 4.85. The number of amidine groups is 1. The standard InChI is InChI=1S/C17H24N2S/c1-3-14-8-6-7-13(2)15(14)19-16-18-11-17(12-20-16)9-4-5-10-17/h6-8H,3-5,9-12H2,1-2H3,(H,18,19). The van der Waals surface area contributed by atoms with Crippen LogP contribution in [0.5, 0.6) is 0 Å². The molecule has 0 atom stereocenters. The van der Waals surface area contributed by atoms with E-state index in [1.54, 1.807) is 0 Å². The van der Waals surface area contributed by atoms with Crippen molar-refractivity contribution in [2.45, 2.75) is 46.0 Å². The number of para-hydroxylation sites is 1. The van der Waals surface area contributed by atoms with E-state index in [4.69, 9.17) is 4.99 Å². The summed E-state index contributed by atoms with van der Waals surface area (Å²) in [7, 11) is 0. The summed E-state index contributed by atoms with van der Waals surface area (Å²) >= 11 is 1.92. The van der Waals surface area contributed by atoms with Gasteiger partial charge in [-0.1, -0.05) is 49.7 Å². The Morgan fingerprint density at radius 2 is 2.10 bits per heavy atom. The van der Waals surface area contributed by atoms with Gasteiger partial charge in [-0.25, -0.2) is 0 Å². The van der Waals surface area contributed by atoms with Crippen molar-refractivity contribution in [2.24, 2.45) is 10.4 Å². The summed E-state index contributed by atoms with van der Waals surface area (Å²) in [5, 5.41) is 4.71. The molecule has 1 fully saturated rings. The molecule has 1 saturated carbocycles. The molecular formula is C17H24N2S. The lowest BCUT2D eigenvalue weighted by Gasteiger charge is -2.31. The van der Waals surface area contributed by atoms with Crippen molar-refractivity contribution >= 4 is 22.6 Å². The summed E-state index contributed by atoms with van der Waals surface area (Å²) in [6, 6.07) is 6.53. The predicted octanol–water partition coefficient (Wildman–Crippen LogP) is 4.63. The number of aryl methyl sites for hydroxylation is 2. The summed E-state index contributed by atoms with van der Waals surface area (Å²) in [6.07, 6.45) is 6.61. The summed E-state index contributed by atoms with van der Waals surface area (Å²) < 4.78 is 0. The summed E-state index contributed by atoms with van der Waals surface area (Å²) in [4.78, 5) is 4.85. The topological polar surface area (TPSA) is 24.4 Å². The number of nitrogens with one attached hydrogen (secondary N) is 1.